The van der Waals surface area contributed by atoms with E-state index in [0.29, 0.717) is 40.7 Å². The minimum Gasteiger partial charge on any atom is -0.459 e. The second-order valence-electron chi connectivity index (χ2n) is 8.65. The van der Waals surface area contributed by atoms with Crippen LogP contribution in [0.25, 0.3) is 22.2 Å². The van der Waals surface area contributed by atoms with E-state index in [1.165, 1.54) is 23.2 Å². The Morgan fingerprint density at radius 1 is 1.14 bits per heavy atom. The maximum Gasteiger partial charge on any atom is 0.420 e. The number of amides is 1. The molecule has 0 radical (unpaired) electrons. The van der Waals surface area contributed by atoms with E-state index in [4.69, 9.17) is 10.2 Å². The zero-order chi connectivity index (χ0) is 25.5. The molecule has 0 atom stereocenters. The molecule has 5 nitrogen and oxygen atoms in total. The van der Waals surface area contributed by atoms with Crippen molar-refractivity contribution >= 4 is 16.9 Å². The van der Waals surface area contributed by atoms with Gasteiger partial charge in [-0.1, -0.05) is 13.8 Å². The molecule has 0 unspecified atom stereocenters. The average molecular weight is 495 g/mol. The largest absolute Gasteiger partial charge is 0.459 e. The molecule has 35 heavy (non-hydrogen) atoms. The molecule has 0 spiro atoms. The number of alkyl halides is 5. The number of pyridine rings is 1. The predicted octanol–water partition coefficient (Wildman–Crippen LogP) is 5.97. The van der Waals surface area contributed by atoms with Crippen molar-refractivity contribution in [2.24, 2.45) is 5.73 Å². The molecule has 1 fully saturated rings. The lowest BCUT2D eigenvalue weighted by Crippen LogP contribution is -2.42. The van der Waals surface area contributed by atoms with E-state index in [-0.39, 0.29) is 36.5 Å². The standard InChI is InChI=1S/C25H26F5N3O2/c1-3-15-17(11-18(25(28,29)30)22-21(15)16(4-2)20(12-31)35-22)19-6-5-14(13-32-19)23(34)33-9-7-24(26,27)8-10-33/h5-6,11,13H,3-4,7-10,12,31H2,1-2H3. The molecule has 1 amide bonds. The number of aromatic nitrogens is 1. The summed E-state index contributed by atoms with van der Waals surface area (Å²) in [6.45, 7) is 3.51. The van der Waals surface area contributed by atoms with Crippen molar-refractivity contribution in [3.63, 3.8) is 0 Å². The highest BCUT2D eigenvalue weighted by molar-refractivity contribution is 5.96. The first-order valence-electron chi connectivity index (χ1n) is 11.5. The van der Waals surface area contributed by atoms with Crippen molar-refractivity contribution < 1.29 is 31.2 Å². The lowest BCUT2D eigenvalue weighted by Gasteiger charge is -2.31. The van der Waals surface area contributed by atoms with E-state index < -0.39 is 36.4 Å². The van der Waals surface area contributed by atoms with Crippen LogP contribution in [0.3, 0.4) is 0 Å². The van der Waals surface area contributed by atoms with E-state index in [9.17, 15) is 26.7 Å². The quantitative estimate of drug-likeness (QED) is 0.443. The Morgan fingerprint density at radius 2 is 1.80 bits per heavy atom. The third-order valence-corrected chi connectivity index (χ3v) is 6.52. The summed E-state index contributed by atoms with van der Waals surface area (Å²) in [4.78, 5) is 18.4. The average Bonchev–Trinajstić information content (AvgIpc) is 3.20. The van der Waals surface area contributed by atoms with Crippen molar-refractivity contribution in [2.45, 2.75) is 58.2 Å². The number of piperidine rings is 1. The van der Waals surface area contributed by atoms with Crippen LogP contribution in [0.4, 0.5) is 22.0 Å². The van der Waals surface area contributed by atoms with Crippen LogP contribution in [0.15, 0.2) is 28.8 Å². The number of aryl methyl sites for hydroxylation is 2. The van der Waals surface area contributed by atoms with Gasteiger partial charge in [0.05, 0.1) is 23.4 Å². The van der Waals surface area contributed by atoms with Gasteiger partial charge in [0.15, 0.2) is 0 Å². The number of carbonyl (C=O) groups is 1. The minimum atomic E-state index is -4.67. The number of nitrogens with zero attached hydrogens (tertiary/aromatic N) is 2. The van der Waals surface area contributed by atoms with Crippen LogP contribution in [0.2, 0.25) is 0 Å². The van der Waals surface area contributed by atoms with Gasteiger partial charge in [-0.2, -0.15) is 13.2 Å². The summed E-state index contributed by atoms with van der Waals surface area (Å²) in [6.07, 6.45) is -3.32. The first-order chi connectivity index (χ1) is 16.5. The van der Waals surface area contributed by atoms with E-state index in [1.54, 1.807) is 0 Å². The molecule has 0 bridgehead atoms. The van der Waals surface area contributed by atoms with Crippen LogP contribution < -0.4 is 5.73 Å². The molecule has 1 aliphatic rings. The minimum absolute atomic E-state index is 0.0227. The summed E-state index contributed by atoms with van der Waals surface area (Å²) in [6, 6.07) is 3.98. The van der Waals surface area contributed by atoms with Gasteiger partial charge in [0.2, 0.25) is 0 Å². The summed E-state index contributed by atoms with van der Waals surface area (Å²) in [5, 5.41) is 0.400. The highest BCUT2D eigenvalue weighted by Crippen LogP contribution is 2.43. The van der Waals surface area contributed by atoms with Crippen molar-refractivity contribution in [1.29, 1.82) is 0 Å². The van der Waals surface area contributed by atoms with Crippen molar-refractivity contribution in [2.75, 3.05) is 13.1 Å². The van der Waals surface area contributed by atoms with Gasteiger partial charge < -0.3 is 15.1 Å². The summed E-state index contributed by atoms with van der Waals surface area (Å²) in [5.41, 5.74) is 6.65. The summed E-state index contributed by atoms with van der Waals surface area (Å²) in [5.74, 6) is -2.89. The topological polar surface area (TPSA) is 72.4 Å². The molecule has 4 rings (SSSR count). The smallest absolute Gasteiger partial charge is 0.420 e. The van der Waals surface area contributed by atoms with Gasteiger partial charge in [-0.3, -0.25) is 9.78 Å². The van der Waals surface area contributed by atoms with Gasteiger partial charge in [0.1, 0.15) is 11.3 Å². The van der Waals surface area contributed by atoms with Gasteiger partial charge >= 0.3 is 6.18 Å². The normalized spacial score (nSPS) is 16.2. The Kier molecular flexibility index (Phi) is 6.61. The Hall–Kier alpha value is -3.01. The maximum absolute atomic E-state index is 14.0. The number of halogens is 5. The molecule has 0 saturated carbocycles. The molecule has 1 saturated heterocycles. The van der Waals surface area contributed by atoms with Gasteiger partial charge in [-0.25, -0.2) is 8.78 Å². The molecule has 3 heterocycles. The molecule has 10 heteroatoms. The molecule has 0 aliphatic carbocycles. The maximum atomic E-state index is 14.0. The van der Waals surface area contributed by atoms with Crippen LogP contribution in [0.5, 0.6) is 0 Å². The fourth-order valence-electron chi connectivity index (χ4n) is 4.70. The zero-order valence-electron chi connectivity index (χ0n) is 19.4. The fraction of sp³-hybridized carbons (Fsp3) is 0.440. The van der Waals surface area contributed by atoms with Gasteiger partial charge in [0, 0.05) is 48.6 Å². The molecule has 2 aromatic heterocycles. The molecule has 2 N–H and O–H groups in total. The van der Waals surface area contributed by atoms with Gasteiger partial charge in [0.25, 0.3) is 11.8 Å². The number of nitrogens with two attached hydrogens (primary N) is 1. The third-order valence-electron chi connectivity index (χ3n) is 6.52. The van der Waals surface area contributed by atoms with Gasteiger partial charge in [-0.15, -0.1) is 0 Å². The number of hydrogen-bond acceptors (Lipinski definition) is 4. The number of rotatable bonds is 5. The third kappa shape index (κ3) is 4.63. The molecule has 3 aromatic rings. The zero-order valence-corrected chi connectivity index (χ0v) is 19.4. The van der Waals surface area contributed by atoms with E-state index in [0.717, 1.165) is 6.07 Å². The van der Waals surface area contributed by atoms with E-state index in [1.807, 2.05) is 13.8 Å². The number of fused-ring (bicyclic) bond motifs is 1. The Bertz CT molecular complexity index is 1240. The fourth-order valence-corrected chi connectivity index (χ4v) is 4.70. The van der Waals surface area contributed by atoms with Crippen LogP contribution in [-0.2, 0) is 25.6 Å². The van der Waals surface area contributed by atoms with Crippen LogP contribution >= 0.6 is 0 Å². The van der Waals surface area contributed by atoms with Crippen molar-refractivity contribution in [1.82, 2.24) is 9.88 Å². The van der Waals surface area contributed by atoms with Crippen LogP contribution in [0.1, 0.15) is 59.5 Å². The van der Waals surface area contributed by atoms with E-state index >= 15 is 0 Å². The lowest BCUT2D eigenvalue weighted by atomic mass is 9.91. The Morgan fingerprint density at radius 3 is 2.31 bits per heavy atom. The summed E-state index contributed by atoms with van der Waals surface area (Å²) in [7, 11) is 0. The Labute approximate surface area is 199 Å². The van der Waals surface area contributed by atoms with Crippen molar-refractivity contribution in [3.05, 3.63) is 52.4 Å². The SMILES string of the molecule is CCc1c(-c2ccc(C(=O)N3CCC(F)(F)CC3)cn2)cc(C(F)(F)F)c2oc(CN)c(CC)c12. The lowest BCUT2D eigenvalue weighted by molar-refractivity contribution is -0.136. The molecule has 188 valence electrons. The Balaban J connectivity index is 1.79. The van der Waals surface area contributed by atoms with Crippen molar-refractivity contribution in [3.8, 4) is 11.3 Å². The number of hydrogen-bond donors (Lipinski definition) is 1. The summed E-state index contributed by atoms with van der Waals surface area (Å²) < 4.78 is 74.5. The summed E-state index contributed by atoms with van der Waals surface area (Å²) >= 11 is 0. The molecular weight excluding hydrogens is 469 g/mol. The highest BCUT2D eigenvalue weighted by atomic mass is 19.4. The molecular formula is C25H26F5N3O2. The number of carbonyl (C=O) groups excluding carboxylic acids is 1. The predicted molar refractivity (Wildman–Crippen MR) is 121 cm³/mol. The molecule has 1 aliphatic heterocycles. The number of benzene rings is 1. The monoisotopic (exact) mass is 495 g/mol. The second-order valence-corrected chi connectivity index (χ2v) is 8.65. The number of likely N-dealkylation sites (tertiary alicyclic amines) is 1. The van der Waals surface area contributed by atoms with E-state index in [2.05, 4.69) is 4.98 Å². The number of furan rings is 1. The molecule has 1 aromatic carbocycles. The highest BCUT2D eigenvalue weighted by Gasteiger charge is 2.38. The van der Waals surface area contributed by atoms with Gasteiger partial charge in [-0.05, 0) is 36.6 Å². The van der Waals surface area contributed by atoms with Crippen LogP contribution in [-0.4, -0.2) is 34.8 Å². The first-order valence-corrected chi connectivity index (χ1v) is 11.5. The first kappa shape index (κ1) is 25.1. The second kappa shape index (κ2) is 9.22. The van der Waals surface area contributed by atoms with Crippen LogP contribution in [0, 0.1) is 0 Å².